The third kappa shape index (κ3) is 1.27. The molecule has 1 atom stereocenters. The minimum absolute atomic E-state index is 0.0775. The van der Waals surface area contributed by atoms with Gasteiger partial charge in [0.1, 0.15) is 0 Å². The fraction of sp³-hybridized carbons (Fsp3) is 0.500. The maximum atomic E-state index is 9.08. The Morgan fingerprint density at radius 2 is 2.38 bits per heavy atom. The Morgan fingerprint density at radius 1 is 1.62 bits per heavy atom. The average Bonchev–Trinajstić information content (AvgIpc) is 2.54. The lowest BCUT2D eigenvalue weighted by Crippen LogP contribution is -2.38. The van der Waals surface area contributed by atoms with Gasteiger partial charge in [0.15, 0.2) is 0 Å². The zero-order valence-corrected chi connectivity index (χ0v) is 8.18. The van der Waals surface area contributed by atoms with Gasteiger partial charge >= 0.3 is 0 Å². The summed E-state index contributed by atoms with van der Waals surface area (Å²) in [7, 11) is 0. The van der Waals surface area contributed by atoms with Gasteiger partial charge in [-0.1, -0.05) is 12.5 Å². The van der Waals surface area contributed by atoms with E-state index in [1.54, 1.807) is 11.3 Å². The van der Waals surface area contributed by atoms with Crippen molar-refractivity contribution in [3.8, 4) is 6.07 Å². The second-order valence-corrected chi connectivity index (χ2v) is 4.59. The summed E-state index contributed by atoms with van der Waals surface area (Å²) in [5.74, 6) is 0. The molecule has 2 nitrogen and oxygen atoms in total. The first-order chi connectivity index (χ1) is 6.28. The molecule has 0 aromatic carbocycles. The second-order valence-electron chi connectivity index (χ2n) is 3.61. The number of hydrogen-bond donors (Lipinski definition) is 1. The van der Waals surface area contributed by atoms with Crippen LogP contribution in [0.2, 0.25) is 0 Å². The van der Waals surface area contributed by atoms with E-state index in [9.17, 15) is 0 Å². The molecule has 1 aliphatic rings. The minimum atomic E-state index is -0.259. The van der Waals surface area contributed by atoms with Gasteiger partial charge in [0.25, 0.3) is 0 Å². The Kier molecular flexibility index (Phi) is 2.10. The lowest BCUT2D eigenvalue weighted by Gasteiger charge is -2.39. The third-order valence-electron chi connectivity index (χ3n) is 2.91. The van der Waals surface area contributed by atoms with Crippen molar-refractivity contribution in [2.24, 2.45) is 11.1 Å². The first-order valence-corrected chi connectivity index (χ1v) is 5.37. The van der Waals surface area contributed by atoms with Gasteiger partial charge in [-0.05, 0) is 24.3 Å². The molecule has 0 amide bonds. The zero-order chi connectivity index (χ0) is 9.31. The van der Waals surface area contributed by atoms with Gasteiger partial charge in [-0.25, -0.2) is 0 Å². The molecule has 0 bridgehead atoms. The molecule has 3 heteroatoms. The van der Waals surface area contributed by atoms with Crippen LogP contribution in [0.25, 0.3) is 0 Å². The Morgan fingerprint density at radius 3 is 2.77 bits per heavy atom. The van der Waals surface area contributed by atoms with Crippen molar-refractivity contribution < 1.29 is 0 Å². The molecular formula is C10H12N2S. The molecule has 2 rings (SSSR count). The quantitative estimate of drug-likeness (QED) is 0.782. The molecule has 2 N–H and O–H groups in total. The van der Waals surface area contributed by atoms with E-state index in [1.807, 2.05) is 17.5 Å². The van der Waals surface area contributed by atoms with Gasteiger partial charge in [-0.2, -0.15) is 5.26 Å². The SMILES string of the molecule is N#CC1(C(N)c2cccs2)CCC1. The summed E-state index contributed by atoms with van der Waals surface area (Å²) < 4.78 is 0. The highest BCUT2D eigenvalue weighted by Gasteiger charge is 2.43. The van der Waals surface area contributed by atoms with E-state index < -0.39 is 0 Å². The summed E-state index contributed by atoms with van der Waals surface area (Å²) in [5.41, 5.74) is 5.82. The lowest BCUT2D eigenvalue weighted by molar-refractivity contribution is 0.171. The summed E-state index contributed by atoms with van der Waals surface area (Å²) in [6.45, 7) is 0. The van der Waals surface area contributed by atoms with Crippen molar-refractivity contribution in [2.45, 2.75) is 25.3 Å². The number of rotatable bonds is 2. The Labute approximate surface area is 82.0 Å². The van der Waals surface area contributed by atoms with Crippen LogP contribution in [-0.2, 0) is 0 Å². The normalized spacial score (nSPS) is 21.5. The molecule has 1 saturated carbocycles. The molecule has 1 fully saturated rings. The predicted octanol–water partition coefficient (Wildman–Crippen LogP) is 2.44. The van der Waals surface area contributed by atoms with Crippen LogP contribution in [0.1, 0.15) is 30.2 Å². The van der Waals surface area contributed by atoms with E-state index in [-0.39, 0.29) is 11.5 Å². The van der Waals surface area contributed by atoms with Crippen LogP contribution in [0.4, 0.5) is 0 Å². The number of hydrogen-bond acceptors (Lipinski definition) is 3. The average molecular weight is 192 g/mol. The first-order valence-electron chi connectivity index (χ1n) is 4.49. The van der Waals surface area contributed by atoms with E-state index in [2.05, 4.69) is 6.07 Å². The van der Waals surface area contributed by atoms with Crippen molar-refractivity contribution in [1.29, 1.82) is 5.26 Å². The van der Waals surface area contributed by atoms with Crippen molar-refractivity contribution in [3.05, 3.63) is 22.4 Å². The molecule has 1 aliphatic carbocycles. The fourth-order valence-corrected chi connectivity index (χ4v) is 2.63. The van der Waals surface area contributed by atoms with E-state index in [1.165, 1.54) is 0 Å². The van der Waals surface area contributed by atoms with Gasteiger partial charge in [0.05, 0.1) is 17.5 Å². The van der Waals surface area contributed by atoms with Crippen LogP contribution in [0.3, 0.4) is 0 Å². The highest BCUT2D eigenvalue weighted by atomic mass is 32.1. The molecule has 1 unspecified atom stereocenters. The van der Waals surface area contributed by atoms with Gasteiger partial charge in [0, 0.05) is 4.88 Å². The number of nitriles is 1. The van der Waals surface area contributed by atoms with E-state index in [0.29, 0.717) is 0 Å². The molecular weight excluding hydrogens is 180 g/mol. The number of nitrogens with zero attached hydrogens (tertiary/aromatic N) is 1. The summed E-state index contributed by atoms with van der Waals surface area (Å²) in [4.78, 5) is 1.14. The van der Waals surface area contributed by atoms with Gasteiger partial charge in [-0.15, -0.1) is 11.3 Å². The fourth-order valence-electron chi connectivity index (χ4n) is 1.79. The summed E-state index contributed by atoms with van der Waals surface area (Å²) in [6, 6.07) is 6.32. The minimum Gasteiger partial charge on any atom is -0.322 e. The molecule has 0 saturated heterocycles. The predicted molar refractivity (Wildman–Crippen MR) is 53.1 cm³/mol. The summed E-state index contributed by atoms with van der Waals surface area (Å²) in [6.07, 6.45) is 3.07. The van der Waals surface area contributed by atoms with Crippen LogP contribution in [-0.4, -0.2) is 0 Å². The maximum Gasteiger partial charge on any atom is 0.0774 e. The van der Waals surface area contributed by atoms with Crippen molar-refractivity contribution in [3.63, 3.8) is 0 Å². The Balaban J connectivity index is 2.22. The van der Waals surface area contributed by atoms with Crippen molar-refractivity contribution in [1.82, 2.24) is 0 Å². The lowest BCUT2D eigenvalue weighted by atomic mass is 9.65. The smallest absolute Gasteiger partial charge is 0.0774 e. The van der Waals surface area contributed by atoms with E-state index >= 15 is 0 Å². The van der Waals surface area contributed by atoms with Crippen LogP contribution in [0.5, 0.6) is 0 Å². The van der Waals surface area contributed by atoms with Gasteiger partial charge in [0.2, 0.25) is 0 Å². The number of nitrogens with two attached hydrogens (primary N) is 1. The van der Waals surface area contributed by atoms with Crippen LogP contribution < -0.4 is 5.73 Å². The van der Waals surface area contributed by atoms with E-state index in [4.69, 9.17) is 11.0 Å². The van der Waals surface area contributed by atoms with Crippen LogP contribution in [0, 0.1) is 16.7 Å². The molecule has 68 valence electrons. The highest BCUT2D eigenvalue weighted by molar-refractivity contribution is 7.10. The standard InChI is InChI=1S/C10H12N2S/c11-7-10(4-2-5-10)9(12)8-3-1-6-13-8/h1,3,6,9H,2,4-5,12H2. The first kappa shape index (κ1) is 8.74. The van der Waals surface area contributed by atoms with Gasteiger partial charge < -0.3 is 5.73 Å². The van der Waals surface area contributed by atoms with Crippen molar-refractivity contribution in [2.75, 3.05) is 0 Å². The molecule has 0 spiro atoms. The second kappa shape index (κ2) is 3.13. The monoisotopic (exact) mass is 192 g/mol. The third-order valence-corrected chi connectivity index (χ3v) is 3.87. The number of thiophene rings is 1. The summed E-state index contributed by atoms with van der Waals surface area (Å²) in [5, 5.41) is 11.1. The van der Waals surface area contributed by atoms with E-state index in [0.717, 1.165) is 24.1 Å². The van der Waals surface area contributed by atoms with Crippen molar-refractivity contribution >= 4 is 11.3 Å². The molecule has 0 aliphatic heterocycles. The molecule has 0 radical (unpaired) electrons. The molecule has 1 aromatic heterocycles. The molecule has 1 heterocycles. The molecule has 13 heavy (non-hydrogen) atoms. The Bertz CT molecular complexity index is 319. The largest absolute Gasteiger partial charge is 0.322 e. The van der Waals surface area contributed by atoms with Crippen LogP contribution >= 0.6 is 11.3 Å². The topological polar surface area (TPSA) is 49.8 Å². The zero-order valence-electron chi connectivity index (χ0n) is 7.36. The summed E-state index contributed by atoms with van der Waals surface area (Å²) >= 11 is 1.65. The molecule has 1 aromatic rings. The highest BCUT2D eigenvalue weighted by Crippen LogP contribution is 2.49. The maximum absolute atomic E-state index is 9.08. The van der Waals surface area contributed by atoms with Crippen LogP contribution in [0.15, 0.2) is 17.5 Å². The van der Waals surface area contributed by atoms with Gasteiger partial charge in [-0.3, -0.25) is 0 Å². The Hall–Kier alpha value is -0.850.